The normalized spacial score (nSPS) is 19.4. The highest BCUT2D eigenvalue weighted by Gasteiger charge is 2.34. The lowest BCUT2D eigenvalue weighted by Gasteiger charge is -2.38. The van der Waals surface area contributed by atoms with Gasteiger partial charge in [0.2, 0.25) is 0 Å². The predicted octanol–water partition coefficient (Wildman–Crippen LogP) is 2.85. The van der Waals surface area contributed by atoms with Crippen LogP contribution >= 0.6 is 0 Å². The molecule has 25 heavy (non-hydrogen) atoms. The van der Waals surface area contributed by atoms with Crippen molar-refractivity contribution in [2.75, 3.05) is 39.5 Å². The van der Waals surface area contributed by atoms with Crippen LogP contribution in [0.1, 0.15) is 37.7 Å². The van der Waals surface area contributed by atoms with Gasteiger partial charge in [0.15, 0.2) is 0 Å². The lowest BCUT2D eigenvalue weighted by Crippen LogP contribution is -2.47. The Hall–Kier alpha value is -1.59. The summed E-state index contributed by atoms with van der Waals surface area (Å²) in [5.74, 6) is 0.796. The van der Waals surface area contributed by atoms with E-state index in [0.717, 1.165) is 51.6 Å². The van der Waals surface area contributed by atoms with Crippen LogP contribution in [-0.2, 0) is 14.9 Å². The lowest BCUT2D eigenvalue weighted by molar-refractivity contribution is 0.0507. The largest absolute Gasteiger partial charge is 0.381 e. The third-order valence-electron chi connectivity index (χ3n) is 5.22. The van der Waals surface area contributed by atoms with Gasteiger partial charge in [0.25, 0.3) is 0 Å². The molecule has 0 radical (unpaired) electrons. The first kappa shape index (κ1) is 18.2. The van der Waals surface area contributed by atoms with E-state index in [-0.39, 0.29) is 11.4 Å². The van der Waals surface area contributed by atoms with Gasteiger partial charge in [-0.3, -0.25) is 0 Å². The maximum absolute atomic E-state index is 12.1. The Balaban J connectivity index is 1.39. The van der Waals surface area contributed by atoms with Crippen LogP contribution in [-0.4, -0.2) is 45.5 Å². The molecule has 0 atom stereocenters. The minimum Gasteiger partial charge on any atom is -0.381 e. The Bertz CT molecular complexity index is 525. The minimum absolute atomic E-state index is 0.0236. The molecule has 1 saturated carbocycles. The second kappa shape index (κ2) is 9.20. The number of hydrogen-bond acceptors (Lipinski definition) is 3. The van der Waals surface area contributed by atoms with Gasteiger partial charge in [-0.05, 0) is 43.6 Å². The first-order valence-electron chi connectivity index (χ1n) is 9.51. The number of rotatable bonds is 9. The maximum atomic E-state index is 12.1. The van der Waals surface area contributed by atoms with Gasteiger partial charge in [-0.25, -0.2) is 4.79 Å². The highest BCUT2D eigenvalue weighted by molar-refractivity contribution is 5.73. The van der Waals surface area contributed by atoms with Crippen LogP contribution in [0, 0.1) is 5.92 Å². The zero-order chi connectivity index (χ0) is 17.4. The highest BCUT2D eigenvalue weighted by atomic mass is 16.5. The number of nitrogens with one attached hydrogen (secondary N) is 2. The van der Waals surface area contributed by atoms with Gasteiger partial charge in [0, 0.05) is 44.9 Å². The maximum Gasteiger partial charge on any atom is 0.314 e. The van der Waals surface area contributed by atoms with Crippen LogP contribution < -0.4 is 10.6 Å². The summed E-state index contributed by atoms with van der Waals surface area (Å²) in [6, 6.07) is 10.4. The molecule has 2 aliphatic rings. The first-order valence-corrected chi connectivity index (χ1v) is 9.51. The Morgan fingerprint density at radius 3 is 2.64 bits per heavy atom. The monoisotopic (exact) mass is 346 g/mol. The van der Waals surface area contributed by atoms with E-state index in [1.54, 1.807) is 0 Å². The molecule has 1 aliphatic carbocycles. The van der Waals surface area contributed by atoms with Crippen molar-refractivity contribution in [2.45, 2.75) is 37.5 Å². The number of amides is 2. The average molecular weight is 346 g/mol. The van der Waals surface area contributed by atoms with Gasteiger partial charge < -0.3 is 20.1 Å². The Morgan fingerprint density at radius 1 is 1.16 bits per heavy atom. The van der Waals surface area contributed by atoms with Crippen LogP contribution in [0.5, 0.6) is 0 Å². The Kier molecular flexibility index (Phi) is 6.70. The zero-order valence-corrected chi connectivity index (χ0v) is 15.0. The summed E-state index contributed by atoms with van der Waals surface area (Å²) in [5, 5.41) is 6.00. The van der Waals surface area contributed by atoms with Gasteiger partial charge >= 0.3 is 6.03 Å². The van der Waals surface area contributed by atoms with Gasteiger partial charge in [-0.15, -0.1) is 0 Å². The number of benzene rings is 1. The smallest absolute Gasteiger partial charge is 0.314 e. The van der Waals surface area contributed by atoms with E-state index in [1.165, 1.54) is 18.4 Å². The van der Waals surface area contributed by atoms with Crippen molar-refractivity contribution in [3.63, 3.8) is 0 Å². The summed E-state index contributed by atoms with van der Waals surface area (Å²) in [5.41, 5.74) is 1.26. The molecule has 138 valence electrons. The van der Waals surface area contributed by atoms with Crippen molar-refractivity contribution < 1.29 is 14.3 Å². The number of hydrogen-bond donors (Lipinski definition) is 2. The second-order valence-corrected chi connectivity index (χ2v) is 7.24. The molecular formula is C20H30N2O3. The summed E-state index contributed by atoms with van der Waals surface area (Å²) >= 11 is 0. The number of carbonyl (C=O) groups excluding carboxylic acids is 1. The predicted molar refractivity (Wildman–Crippen MR) is 97.7 cm³/mol. The zero-order valence-electron chi connectivity index (χ0n) is 15.0. The topological polar surface area (TPSA) is 59.6 Å². The van der Waals surface area contributed by atoms with Crippen LogP contribution in [0.25, 0.3) is 0 Å². The summed E-state index contributed by atoms with van der Waals surface area (Å²) in [7, 11) is 0. The Labute approximate surface area is 150 Å². The van der Waals surface area contributed by atoms with Crippen molar-refractivity contribution >= 4 is 6.03 Å². The molecule has 1 aliphatic heterocycles. The first-order chi connectivity index (χ1) is 12.3. The van der Waals surface area contributed by atoms with Crippen LogP contribution in [0.15, 0.2) is 30.3 Å². The molecule has 0 bridgehead atoms. The number of ether oxygens (including phenoxy) is 2. The molecule has 1 heterocycles. The fourth-order valence-corrected chi connectivity index (χ4v) is 3.34. The van der Waals surface area contributed by atoms with Crippen molar-refractivity contribution in [2.24, 2.45) is 5.92 Å². The molecule has 1 aromatic carbocycles. The van der Waals surface area contributed by atoms with Gasteiger partial charge in [-0.2, -0.15) is 0 Å². The molecule has 1 aromatic rings. The van der Waals surface area contributed by atoms with Crippen molar-refractivity contribution in [1.29, 1.82) is 0 Å². The van der Waals surface area contributed by atoms with E-state index < -0.39 is 0 Å². The molecule has 5 heteroatoms. The van der Waals surface area contributed by atoms with Crippen LogP contribution in [0.3, 0.4) is 0 Å². The number of carbonyl (C=O) groups is 1. The molecule has 2 N–H and O–H groups in total. The molecule has 2 amide bonds. The van der Waals surface area contributed by atoms with E-state index in [2.05, 4.69) is 34.9 Å². The van der Waals surface area contributed by atoms with E-state index in [1.807, 2.05) is 6.07 Å². The molecule has 0 aromatic heterocycles. The summed E-state index contributed by atoms with van der Waals surface area (Å²) in [6.45, 7) is 4.39. The molecule has 5 nitrogen and oxygen atoms in total. The van der Waals surface area contributed by atoms with Gasteiger partial charge in [0.05, 0.1) is 0 Å². The van der Waals surface area contributed by atoms with Gasteiger partial charge in [0.1, 0.15) is 0 Å². The number of urea groups is 1. The Morgan fingerprint density at radius 2 is 1.92 bits per heavy atom. The molecule has 0 spiro atoms. The SMILES string of the molecule is O=C(NCCCOCC1CC1)NCC1(c2ccccc2)CCOCC1. The molecule has 1 saturated heterocycles. The molecule has 2 fully saturated rings. The van der Waals surface area contributed by atoms with Crippen LogP contribution in [0.4, 0.5) is 4.79 Å². The van der Waals surface area contributed by atoms with E-state index in [0.29, 0.717) is 13.1 Å². The summed E-state index contributed by atoms with van der Waals surface area (Å²) < 4.78 is 11.1. The summed E-state index contributed by atoms with van der Waals surface area (Å²) in [6.07, 6.45) is 5.36. The van der Waals surface area contributed by atoms with Crippen molar-refractivity contribution in [1.82, 2.24) is 10.6 Å². The molecule has 0 unspecified atom stereocenters. The van der Waals surface area contributed by atoms with E-state index in [9.17, 15) is 4.79 Å². The minimum atomic E-state index is -0.0935. The van der Waals surface area contributed by atoms with Crippen LogP contribution in [0.2, 0.25) is 0 Å². The van der Waals surface area contributed by atoms with Crippen molar-refractivity contribution in [3.05, 3.63) is 35.9 Å². The third-order valence-corrected chi connectivity index (χ3v) is 5.22. The fraction of sp³-hybridized carbons (Fsp3) is 0.650. The lowest BCUT2D eigenvalue weighted by atomic mass is 9.74. The highest BCUT2D eigenvalue weighted by Crippen LogP contribution is 2.34. The fourth-order valence-electron chi connectivity index (χ4n) is 3.34. The van der Waals surface area contributed by atoms with Gasteiger partial charge in [-0.1, -0.05) is 30.3 Å². The second-order valence-electron chi connectivity index (χ2n) is 7.24. The average Bonchev–Trinajstić information content (AvgIpc) is 3.49. The van der Waals surface area contributed by atoms with E-state index in [4.69, 9.17) is 9.47 Å². The quantitative estimate of drug-likeness (QED) is 0.676. The van der Waals surface area contributed by atoms with Crippen molar-refractivity contribution in [3.8, 4) is 0 Å². The molecule has 3 rings (SSSR count). The third kappa shape index (κ3) is 5.72. The van der Waals surface area contributed by atoms with E-state index >= 15 is 0 Å². The summed E-state index contributed by atoms with van der Waals surface area (Å²) in [4.78, 5) is 12.1. The standard InChI is InChI=1S/C20H30N2O3/c23-19(21-11-4-12-25-15-17-7-8-17)22-16-20(9-13-24-14-10-20)18-5-2-1-3-6-18/h1-3,5-6,17H,4,7-16H2,(H2,21,22,23). The molecular weight excluding hydrogens is 316 g/mol.